The lowest BCUT2D eigenvalue weighted by Gasteiger charge is -2.25. The summed E-state index contributed by atoms with van der Waals surface area (Å²) < 4.78 is 37.8. The van der Waals surface area contributed by atoms with Crippen molar-refractivity contribution in [2.45, 2.75) is 19.3 Å². The van der Waals surface area contributed by atoms with Crippen LogP contribution in [-0.4, -0.2) is 29.7 Å². The topological polar surface area (TPSA) is 77.1 Å². The minimum Gasteiger partial charge on any atom is -0.343 e. The van der Waals surface area contributed by atoms with Crippen LogP contribution in [0, 0.1) is 5.92 Å². The molecule has 0 saturated carbocycles. The number of aromatic nitrogens is 2. The first-order valence-corrected chi connectivity index (χ1v) is 6.00. The zero-order chi connectivity index (χ0) is 14.8. The molecule has 0 aliphatic carbocycles. The minimum absolute atomic E-state index is 0.0468. The summed E-state index contributed by atoms with van der Waals surface area (Å²) in [6, 6.07) is 0.856. The molecule has 1 unspecified atom stereocenters. The van der Waals surface area contributed by atoms with Crippen molar-refractivity contribution in [3.05, 3.63) is 18.0 Å². The van der Waals surface area contributed by atoms with Gasteiger partial charge in [0.05, 0.1) is 6.17 Å². The second-order valence-corrected chi connectivity index (χ2v) is 4.61. The normalized spacial score (nSPS) is 18.2. The lowest BCUT2D eigenvalue weighted by atomic mass is 10.1. The number of nitrogens with one attached hydrogen (secondary N) is 4. The van der Waals surface area contributed by atoms with E-state index in [0.29, 0.717) is 6.54 Å². The van der Waals surface area contributed by atoms with E-state index in [-0.39, 0.29) is 18.0 Å². The van der Waals surface area contributed by atoms with Gasteiger partial charge in [-0.2, -0.15) is 24.2 Å². The molecule has 1 aliphatic rings. The summed E-state index contributed by atoms with van der Waals surface area (Å²) in [6.07, 6.45) is -3.41. The first-order chi connectivity index (χ1) is 9.38. The molecule has 0 bridgehead atoms. The maximum Gasteiger partial charge on any atom is 0.433 e. The van der Waals surface area contributed by atoms with Gasteiger partial charge in [0.25, 0.3) is 0 Å². The van der Waals surface area contributed by atoms with Gasteiger partial charge in [0, 0.05) is 25.7 Å². The monoisotopic (exact) mass is 291 g/mol. The molecule has 0 aromatic carbocycles. The standard InChI is InChI=1S/C10H16F3N7/c1-6(8-16-18-19-17-8)5-20(2)9-14-4-3-7(15-9)10(11,12)13/h3-4,6,8,16-19H,5H2,1-2H3. The van der Waals surface area contributed by atoms with Crippen LogP contribution in [0.1, 0.15) is 12.6 Å². The highest BCUT2D eigenvalue weighted by Gasteiger charge is 2.33. The van der Waals surface area contributed by atoms with Gasteiger partial charge in [0.15, 0.2) is 0 Å². The van der Waals surface area contributed by atoms with E-state index in [1.54, 1.807) is 11.9 Å². The van der Waals surface area contributed by atoms with Crippen molar-refractivity contribution in [3.8, 4) is 0 Å². The summed E-state index contributed by atoms with van der Waals surface area (Å²) in [6.45, 7) is 2.43. The summed E-state index contributed by atoms with van der Waals surface area (Å²) in [5.74, 6) is 0.145. The number of rotatable bonds is 4. The molecule has 0 amide bonds. The fourth-order valence-electron chi connectivity index (χ4n) is 1.86. The van der Waals surface area contributed by atoms with Crippen LogP contribution in [0.5, 0.6) is 0 Å². The van der Waals surface area contributed by atoms with Crippen LogP contribution >= 0.6 is 0 Å². The number of halogens is 3. The van der Waals surface area contributed by atoms with Crippen molar-refractivity contribution in [2.24, 2.45) is 5.92 Å². The zero-order valence-electron chi connectivity index (χ0n) is 11.0. The maximum atomic E-state index is 12.6. The molecule has 7 nitrogen and oxygen atoms in total. The highest BCUT2D eigenvalue weighted by atomic mass is 19.4. The van der Waals surface area contributed by atoms with Crippen molar-refractivity contribution in [3.63, 3.8) is 0 Å². The van der Waals surface area contributed by atoms with Gasteiger partial charge in [-0.3, -0.25) is 0 Å². The number of hydrogen-bond donors (Lipinski definition) is 4. The van der Waals surface area contributed by atoms with Gasteiger partial charge in [-0.1, -0.05) is 6.92 Å². The highest BCUT2D eigenvalue weighted by molar-refractivity contribution is 5.29. The maximum absolute atomic E-state index is 12.6. The third-order valence-electron chi connectivity index (χ3n) is 2.92. The number of hydrogen-bond acceptors (Lipinski definition) is 7. The molecule has 1 aromatic rings. The Kier molecular flexibility index (Phi) is 4.38. The van der Waals surface area contributed by atoms with Crippen molar-refractivity contribution < 1.29 is 13.2 Å². The Hall–Kier alpha value is -1.49. The number of hydrazine groups is 3. The third kappa shape index (κ3) is 3.54. The van der Waals surface area contributed by atoms with Crippen LogP contribution in [0.4, 0.5) is 19.1 Å². The quantitative estimate of drug-likeness (QED) is 0.622. The third-order valence-corrected chi connectivity index (χ3v) is 2.92. The van der Waals surface area contributed by atoms with Crippen molar-refractivity contribution in [1.29, 1.82) is 0 Å². The predicted molar refractivity (Wildman–Crippen MR) is 65.8 cm³/mol. The van der Waals surface area contributed by atoms with Gasteiger partial charge in [0.1, 0.15) is 5.69 Å². The lowest BCUT2D eigenvalue weighted by molar-refractivity contribution is -0.141. The van der Waals surface area contributed by atoms with Gasteiger partial charge >= 0.3 is 6.18 Å². The number of anilines is 1. The van der Waals surface area contributed by atoms with E-state index >= 15 is 0 Å². The molecule has 10 heteroatoms. The molecular weight excluding hydrogens is 275 g/mol. The average molecular weight is 291 g/mol. The fourth-order valence-corrected chi connectivity index (χ4v) is 1.86. The van der Waals surface area contributed by atoms with Crippen LogP contribution in [0.2, 0.25) is 0 Å². The van der Waals surface area contributed by atoms with Crippen LogP contribution in [0.15, 0.2) is 12.3 Å². The van der Waals surface area contributed by atoms with Crippen molar-refractivity contribution in [1.82, 2.24) is 31.9 Å². The minimum atomic E-state index is -4.47. The largest absolute Gasteiger partial charge is 0.433 e. The molecule has 0 spiro atoms. The van der Waals surface area contributed by atoms with E-state index < -0.39 is 11.9 Å². The van der Waals surface area contributed by atoms with E-state index in [1.165, 1.54) is 0 Å². The lowest BCUT2D eigenvalue weighted by Crippen LogP contribution is -2.44. The molecule has 1 atom stereocenters. The van der Waals surface area contributed by atoms with E-state index in [1.807, 2.05) is 6.92 Å². The molecule has 20 heavy (non-hydrogen) atoms. The van der Waals surface area contributed by atoms with Crippen molar-refractivity contribution >= 4 is 5.95 Å². The molecule has 2 rings (SSSR count). The zero-order valence-corrected chi connectivity index (χ0v) is 11.0. The molecular formula is C10H16F3N7. The molecule has 0 radical (unpaired) electrons. The molecule has 4 N–H and O–H groups in total. The summed E-state index contributed by atoms with van der Waals surface area (Å²) in [7, 11) is 1.65. The van der Waals surface area contributed by atoms with Crippen molar-refractivity contribution in [2.75, 3.05) is 18.5 Å². The van der Waals surface area contributed by atoms with Gasteiger partial charge < -0.3 is 4.90 Å². The SMILES string of the molecule is CC(CN(C)c1nccc(C(F)(F)F)n1)C1NNNN1. The smallest absolute Gasteiger partial charge is 0.343 e. The first-order valence-electron chi connectivity index (χ1n) is 6.00. The summed E-state index contributed by atoms with van der Waals surface area (Å²) in [5, 5.41) is 0. The van der Waals surface area contributed by atoms with Gasteiger partial charge in [0.2, 0.25) is 5.95 Å². The molecule has 1 fully saturated rings. The van der Waals surface area contributed by atoms with Crippen LogP contribution < -0.4 is 26.8 Å². The second-order valence-electron chi connectivity index (χ2n) is 4.61. The fraction of sp³-hybridized carbons (Fsp3) is 0.600. The highest BCUT2D eigenvalue weighted by Crippen LogP contribution is 2.28. The van der Waals surface area contributed by atoms with E-state index in [0.717, 1.165) is 12.3 Å². The Morgan fingerprint density at radius 1 is 1.35 bits per heavy atom. The Labute approximate surface area is 113 Å². The molecule has 112 valence electrons. The number of alkyl halides is 3. The molecule has 1 aliphatic heterocycles. The van der Waals surface area contributed by atoms with E-state index in [9.17, 15) is 13.2 Å². The van der Waals surface area contributed by atoms with E-state index in [4.69, 9.17) is 0 Å². The molecule has 1 aromatic heterocycles. The van der Waals surface area contributed by atoms with Gasteiger partial charge in [-0.05, 0) is 6.07 Å². The van der Waals surface area contributed by atoms with Crippen LogP contribution in [0.3, 0.4) is 0 Å². The number of nitrogens with zero attached hydrogens (tertiary/aromatic N) is 3. The second kappa shape index (κ2) is 5.87. The first kappa shape index (κ1) is 14.9. The Morgan fingerprint density at radius 2 is 2.00 bits per heavy atom. The Bertz CT molecular complexity index is 447. The predicted octanol–water partition coefficient (Wildman–Crippen LogP) is 0.0108. The van der Waals surface area contributed by atoms with Crippen LogP contribution in [-0.2, 0) is 6.18 Å². The molecule has 1 saturated heterocycles. The molecule has 2 heterocycles. The Morgan fingerprint density at radius 3 is 2.60 bits per heavy atom. The summed E-state index contributed by atoms with van der Waals surface area (Å²) in [5.41, 5.74) is 10.3. The van der Waals surface area contributed by atoms with Gasteiger partial charge in [-0.25, -0.2) is 20.8 Å². The van der Waals surface area contributed by atoms with Crippen LogP contribution in [0.25, 0.3) is 0 Å². The average Bonchev–Trinajstić information content (AvgIpc) is 2.91. The summed E-state index contributed by atoms with van der Waals surface area (Å²) in [4.78, 5) is 9.00. The van der Waals surface area contributed by atoms with E-state index in [2.05, 4.69) is 31.9 Å². The summed E-state index contributed by atoms with van der Waals surface area (Å²) >= 11 is 0. The Balaban J connectivity index is 2.03. The van der Waals surface area contributed by atoms with Gasteiger partial charge in [-0.15, -0.1) is 0 Å².